The third-order valence-electron chi connectivity index (χ3n) is 6.05. The Balaban J connectivity index is 1.32. The van der Waals surface area contributed by atoms with Crippen molar-refractivity contribution in [2.24, 2.45) is 0 Å². The molecule has 5 rings (SSSR count). The molecular weight excluding hydrogens is 454 g/mol. The number of phenolic OH excluding ortho intramolecular Hbond substituents is 2. The molecule has 5 aromatic rings. The minimum absolute atomic E-state index is 0.153. The van der Waals surface area contributed by atoms with Gasteiger partial charge in [0.2, 0.25) is 0 Å². The van der Waals surface area contributed by atoms with E-state index in [2.05, 4.69) is 0 Å². The Morgan fingerprint density at radius 1 is 0.667 bits per heavy atom. The molecule has 0 bridgehead atoms. The fraction of sp³-hybridized carbons (Fsp3) is 0.0667. The van der Waals surface area contributed by atoms with E-state index in [0.717, 1.165) is 21.5 Å². The molecule has 0 atom stereocenters. The van der Waals surface area contributed by atoms with Crippen molar-refractivity contribution in [1.29, 1.82) is 0 Å². The lowest BCUT2D eigenvalue weighted by Gasteiger charge is -2.21. The van der Waals surface area contributed by atoms with E-state index in [0.29, 0.717) is 29.1 Å². The smallest absolute Gasteiger partial charge is 0.343 e. The molecule has 178 valence electrons. The number of amides is 1. The molecule has 1 amide bonds. The zero-order valence-corrected chi connectivity index (χ0v) is 19.5. The standard InChI is InChI=1S/C30H23NO5/c1-2-31(29(34)23-5-3-21-17-26(32)11-7-19(21)15-23)25-9-13-28(14-10-25)36-30(35)24-6-4-22-18-27(33)12-8-20(22)16-24/h3-18,32-33H,2H2,1H3. The molecule has 0 spiro atoms. The van der Waals surface area contributed by atoms with Gasteiger partial charge in [-0.05, 0) is 101 Å². The summed E-state index contributed by atoms with van der Waals surface area (Å²) < 4.78 is 5.53. The van der Waals surface area contributed by atoms with Crippen molar-refractivity contribution in [2.75, 3.05) is 11.4 Å². The number of carbonyl (C=O) groups is 2. The Labute approximate surface area is 207 Å². The maximum atomic E-state index is 13.2. The number of anilines is 1. The lowest BCUT2D eigenvalue weighted by atomic mass is 10.1. The molecule has 0 fully saturated rings. The van der Waals surface area contributed by atoms with Crippen LogP contribution in [0.5, 0.6) is 17.2 Å². The van der Waals surface area contributed by atoms with Crippen LogP contribution in [0.3, 0.4) is 0 Å². The molecule has 0 aliphatic carbocycles. The molecule has 5 aromatic carbocycles. The summed E-state index contributed by atoms with van der Waals surface area (Å²) >= 11 is 0. The van der Waals surface area contributed by atoms with Gasteiger partial charge in [0.05, 0.1) is 5.56 Å². The fourth-order valence-electron chi connectivity index (χ4n) is 4.19. The highest BCUT2D eigenvalue weighted by molar-refractivity contribution is 6.08. The van der Waals surface area contributed by atoms with Crippen LogP contribution in [0.1, 0.15) is 27.6 Å². The summed E-state index contributed by atoms with van der Waals surface area (Å²) in [6, 6.07) is 27.3. The van der Waals surface area contributed by atoms with E-state index in [9.17, 15) is 19.8 Å². The summed E-state index contributed by atoms with van der Waals surface area (Å²) in [5.74, 6) is 0.0585. The van der Waals surface area contributed by atoms with Crippen LogP contribution >= 0.6 is 0 Å². The number of hydrogen-bond donors (Lipinski definition) is 2. The van der Waals surface area contributed by atoms with Crippen molar-refractivity contribution in [3.05, 3.63) is 108 Å². The van der Waals surface area contributed by atoms with E-state index in [-0.39, 0.29) is 17.4 Å². The van der Waals surface area contributed by atoms with Gasteiger partial charge in [-0.1, -0.05) is 24.3 Å². The molecule has 0 saturated heterocycles. The first-order valence-corrected chi connectivity index (χ1v) is 11.5. The third-order valence-corrected chi connectivity index (χ3v) is 6.05. The quantitative estimate of drug-likeness (QED) is 0.229. The maximum Gasteiger partial charge on any atom is 0.343 e. The number of aromatic hydroxyl groups is 2. The van der Waals surface area contributed by atoms with Crippen LogP contribution in [-0.2, 0) is 0 Å². The molecule has 0 unspecified atom stereocenters. The molecule has 0 heterocycles. The van der Waals surface area contributed by atoms with Crippen molar-refractivity contribution in [3.8, 4) is 17.2 Å². The summed E-state index contributed by atoms with van der Waals surface area (Å²) in [5.41, 5.74) is 1.61. The highest BCUT2D eigenvalue weighted by Gasteiger charge is 2.17. The van der Waals surface area contributed by atoms with Gasteiger partial charge in [-0.3, -0.25) is 4.79 Å². The summed E-state index contributed by atoms with van der Waals surface area (Å²) in [4.78, 5) is 27.6. The number of hydrogen-bond acceptors (Lipinski definition) is 5. The monoisotopic (exact) mass is 477 g/mol. The second-order valence-electron chi connectivity index (χ2n) is 8.43. The van der Waals surface area contributed by atoms with Gasteiger partial charge in [-0.15, -0.1) is 0 Å². The zero-order valence-electron chi connectivity index (χ0n) is 19.5. The number of nitrogens with zero attached hydrogens (tertiary/aromatic N) is 1. The van der Waals surface area contributed by atoms with E-state index < -0.39 is 5.97 Å². The van der Waals surface area contributed by atoms with Crippen molar-refractivity contribution in [2.45, 2.75) is 6.92 Å². The number of carbonyl (C=O) groups excluding carboxylic acids is 2. The van der Waals surface area contributed by atoms with Crippen molar-refractivity contribution < 1.29 is 24.5 Å². The van der Waals surface area contributed by atoms with Gasteiger partial charge in [-0.25, -0.2) is 4.79 Å². The molecule has 0 aromatic heterocycles. The third kappa shape index (κ3) is 4.57. The van der Waals surface area contributed by atoms with Gasteiger partial charge in [0.1, 0.15) is 17.2 Å². The first-order chi connectivity index (χ1) is 17.4. The molecule has 0 radical (unpaired) electrons. The predicted octanol–water partition coefficient (Wildman–Crippen LogP) is 6.29. The van der Waals surface area contributed by atoms with Gasteiger partial charge in [-0.2, -0.15) is 0 Å². The van der Waals surface area contributed by atoms with Crippen LogP contribution in [-0.4, -0.2) is 28.6 Å². The average molecular weight is 478 g/mol. The first-order valence-electron chi connectivity index (χ1n) is 11.5. The second kappa shape index (κ2) is 9.43. The summed E-state index contributed by atoms with van der Waals surface area (Å²) in [5, 5.41) is 22.6. The van der Waals surface area contributed by atoms with E-state index in [1.54, 1.807) is 95.9 Å². The van der Waals surface area contributed by atoms with Crippen LogP contribution in [0, 0.1) is 0 Å². The Bertz CT molecular complexity index is 1610. The lowest BCUT2D eigenvalue weighted by molar-refractivity contribution is 0.0734. The molecule has 6 nitrogen and oxygen atoms in total. The average Bonchev–Trinajstić information content (AvgIpc) is 2.89. The Morgan fingerprint density at radius 2 is 1.17 bits per heavy atom. The molecular formula is C30H23NO5. The first kappa shape index (κ1) is 22.9. The van der Waals surface area contributed by atoms with Gasteiger partial charge in [0.15, 0.2) is 0 Å². The number of phenols is 2. The minimum atomic E-state index is -0.497. The summed E-state index contributed by atoms with van der Waals surface area (Å²) in [7, 11) is 0. The Morgan fingerprint density at radius 3 is 1.75 bits per heavy atom. The topological polar surface area (TPSA) is 87.1 Å². The lowest BCUT2D eigenvalue weighted by Crippen LogP contribution is -2.30. The molecule has 0 aliphatic rings. The van der Waals surface area contributed by atoms with Crippen LogP contribution in [0.2, 0.25) is 0 Å². The van der Waals surface area contributed by atoms with E-state index in [1.165, 1.54) is 0 Å². The molecule has 36 heavy (non-hydrogen) atoms. The van der Waals surface area contributed by atoms with Crippen molar-refractivity contribution in [1.82, 2.24) is 0 Å². The highest BCUT2D eigenvalue weighted by Crippen LogP contribution is 2.26. The summed E-state index contributed by atoms with van der Waals surface area (Å²) in [6.45, 7) is 2.35. The number of fused-ring (bicyclic) bond motifs is 2. The van der Waals surface area contributed by atoms with E-state index >= 15 is 0 Å². The molecule has 2 N–H and O–H groups in total. The van der Waals surface area contributed by atoms with E-state index in [4.69, 9.17) is 4.74 Å². The maximum absolute atomic E-state index is 13.2. The molecule has 0 aliphatic heterocycles. The van der Waals surface area contributed by atoms with Crippen LogP contribution in [0.25, 0.3) is 21.5 Å². The van der Waals surface area contributed by atoms with E-state index in [1.807, 2.05) is 13.0 Å². The van der Waals surface area contributed by atoms with Gasteiger partial charge in [0, 0.05) is 17.8 Å². The normalized spacial score (nSPS) is 10.9. The minimum Gasteiger partial charge on any atom is -0.508 e. The number of ether oxygens (including phenoxy) is 1. The van der Waals surface area contributed by atoms with Gasteiger partial charge < -0.3 is 19.8 Å². The fourth-order valence-corrected chi connectivity index (χ4v) is 4.19. The SMILES string of the molecule is CCN(C(=O)c1ccc2cc(O)ccc2c1)c1ccc(OC(=O)c2ccc3cc(O)ccc3c2)cc1. The predicted molar refractivity (Wildman–Crippen MR) is 140 cm³/mol. The summed E-state index contributed by atoms with van der Waals surface area (Å²) in [6.07, 6.45) is 0. The molecule has 6 heteroatoms. The Hall–Kier alpha value is -4.84. The van der Waals surface area contributed by atoms with Crippen LogP contribution in [0.4, 0.5) is 5.69 Å². The van der Waals surface area contributed by atoms with Crippen molar-refractivity contribution >= 4 is 39.1 Å². The van der Waals surface area contributed by atoms with Crippen LogP contribution in [0.15, 0.2) is 97.1 Å². The highest BCUT2D eigenvalue weighted by atomic mass is 16.5. The Kier molecular flexibility index (Phi) is 6.00. The number of esters is 1. The van der Waals surface area contributed by atoms with Crippen LogP contribution < -0.4 is 9.64 Å². The zero-order chi connectivity index (χ0) is 25.2. The number of benzene rings is 5. The number of rotatable bonds is 5. The largest absolute Gasteiger partial charge is 0.508 e. The second-order valence-corrected chi connectivity index (χ2v) is 8.43. The van der Waals surface area contributed by atoms with Gasteiger partial charge >= 0.3 is 5.97 Å². The van der Waals surface area contributed by atoms with Crippen molar-refractivity contribution in [3.63, 3.8) is 0 Å². The molecule has 0 saturated carbocycles. The van der Waals surface area contributed by atoms with Gasteiger partial charge in [0.25, 0.3) is 5.91 Å².